The molecule has 1 aromatic carbocycles. The van der Waals surface area contributed by atoms with Crippen molar-refractivity contribution in [1.82, 2.24) is 0 Å². The first-order valence-electron chi connectivity index (χ1n) is 7.28. The van der Waals surface area contributed by atoms with Gasteiger partial charge in [-0.3, -0.25) is 0 Å². The van der Waals surface area contributed by atoms with E-state index in [1.807, 2.05) is 11.8 Å². The van der Waals surface area contributed by atoms with Gasteiger partial charge in [0.15, 0.2) is 0 Å². The van der Waals surface area contributed by atoms with Crippen molar-refractivity contribution in [1.29, 1.82) is 0 Å². The Kier molecular flexibility index (Phi) is 3.21. The standard InChI is InChI=1S/C19H22S/c1-12-10-16-17(11-12)20-13(2)18(16)14-6-8-15(9-7-14)19(3,4)5/h6-11,13H,1-5H3. The molecule has 3 rings (SSSR count). The van der Waals surface area contributed by atoms with Crippen molar-refractivity contribution in [3.8, 4) is 0 Å². The van der Waals surface area contributed by atoms with Gasteiger partial charge in [-0.05, 0) is 53.2 Å². The average Bonchev–Trinajstić information content (AvgIpc) is 2.82. The summed E-state index contributed by atoms with van der Waals surface area (Å²) in [4.78, 5) is 1.45. The molecule has 0 spiro atoms. The Labute approximate surface area is 126 Å². The summed E-state index contributed by atoms with van der Waals surface area (Å²) in [7, 11) is 0. The summed E-state index contributed by atoms with van der Waals surface area (Å²) in [6.07, 6.45) is 4.64. The summed E-state index contributed by atoms with van der Waals surface area (Å²) in [5.41, 5.74) is 7.32. The van der Waals surface area contributed by atoms with Crippen molar-refractivity contribution in [2.45, 2.75) is 45.3 Å². The molecular weight excluding hydrogens is 260 g/mol. The Hall–Kier alpha value is -1.21. The van der Waals surface area contributed by atoms with Crippen molar-refractivity contribution < 1.29 is 0 Å². The normalized spacial score (nSPS) is 21.9. The second-order valence-electron chi connectivity index (χ2n) is 6.81. The van der Waals surface area contributed by atoms with Crippen molar-refractivity contribution >= 4 is 17.3 Å². The summed E-state index contributed by atoms with van der Waals surface area (Å²) in [6, 6.07) is 9.16. The van der Waals surface area contributed by atoms with E-state index in [2.05, 4.69) is 71.0 Å². The largest absolute Gasteiger partial charge is 0.118 e. The third kappa shape index (κ3) is 2.29. The lowest BCUT2D eigenvalue weighted by Gasteiger charge is -2.20. The van der Waals surface area contributed by atoms with Crippen LogP contribution in [0.4, 0.5) is 0 Å². The third-order valence-corrected chi connectivity index (χ3v) is 5.24. The van der Waals surface area contributed by atoms with Gasteiger partial charge in [-0.15, -0.1) is 11.8 Å². The van der Waals surface area contributed by atoms with Gasteiger partial charge in [0.2, 0.25) is 0 Å². The molecule has 0 amide bonds. The first kappa shape index (κ1) is 13.8. The molecule has 1 unspecified atom stereocenters. The fraction of sp³-hybridized carbons (Fsp3) is 0.368. The Morgan fingerprint density at radius 2 is 1.65 bits per heavy atom. The molecule has 1 heterocycles. The molecule has 1 aliphatic heterocycles. The zero-order chi connectivity index (χ0) is 14.5. The summed E-state index contributed by atoms with van der Waals surface area (Å²) in [5.74, 6) is 0. The molecule has 1 heteroatoms. The summed E-state index contributed by atoms with van der Waals surface area (Å²) in [5, 5.41) is 0.557. The maximum atomic E-state index is 2.33. The minimum Gasteiger partial charge on any atom is -0.118 e. The second kappa shape index (κ2) is 4.66. The van der Waals surface area contributed by atoms with Gasteiger partial charge in [-0.25, -0.2) is 0 Å². The molecule has 0 radical (unpaired) electrons. The van der Waals surface area contributed by atoms with Crippen LogP contribution in [0, 0.1) is 0 Å². The average molecular weight is 282 g/mol. The zero-order valence-corrected chi connectivity index (χ0v) is 13.8. The van der Waals surface area contributed by atoms with Crippen molar-refractivity contribution in [3.05, 3.63) is 63.6 Å². The molecule has 104 valence electrons. The van der Waals surface area contributed by atoms with E-state index in [4.69, 9.17) is 0 Å². The van der Waals surface area contributed by atoms with E-state index >= 15 is 0 Å². The van der Waals surface area contributed by atoms with Gasteiger partial charge >= 0.3 is 0 Å². The molecule has 0 saturated carbocycles. The van der Waals surface area contributed by atoms with Gasteiger partial charge in [0.1, 0.15) is 0 Å². The molecule has 1 aromatic rings. The van der Waals surface area contributed by atoms with Crippen molar-refractivity contribution in [3.63, 3.8) is 0 Å². The van der Waals surface area contributed by atoms with E-state index in [0.29, 0.717) is 5.25 Å². The molecule has 0 bridgehead atoms. The molecule has 0 N–H and O–H groups in total. The molecule has 1 aliphatic carbocycles. The topological polar surface area (TPSA) is 0 Å². The van der Waals surface area contributed by atoms with Crippen LogP contribution < -0.4 is 0 Å². The van der Waals surface area contributed by atoms with Crippen LogP contribution in [-0.2, 0) is 5.41 Å². The molecule has 0 fully saturated rings. The number of hydrogen-bond acceptors (Lipinski definition) is 1. The SMILES string of the molecule is CC1=CC2=C(c3ccc(C(C)(C)C)cc3)C(C)SC2=C1. The maximum Gasteiger partial charge on any atom is 0.0328 e. The summed E-state index contributed by atoms with van der Waals surface area (Å²) >= 11 is 1.99. The Bertz CT molecular complexity index is 633. The number of hydrogen-bond donors (Lipinski definition) is 0. The van der Waals surface area contributed by atoms with Crippen LogP contribution in [0.5, 0.6) is 0 Å². The van der Waals surface area contributed by atoms with Crippen LogP contribution in [0.1, 0.15) is 45.7 Å². The van der Waals surface area contributed by atoms with Crippen molar-refractivity contribution in [2.24, 2.45) is 0 Å². The van der Waals surface area contributed by atoms with Crippen LogP contribution in [0.2, 0.25) is 0 Å². The Morgan fingerprint density at radius 3 is 2.25 bits per heavy atom. The molecule has 20 heavy (non-hydrogen) atoms. The van der Waals surface area contributed by atoms with Gasteiger partial charge in [0.25, 0.3) is 0 Å². The highest BCUT2D eigenvalue weighted by molar-refractivity contribution is 8.04. The van der Waals surface area contributed by atoms with Gasteiger partial charge < -0.3 is 0 Å². The first-order valence-corrected chi connectivity index (χ1v) is 8.16. The van der Waals surface area contributed by atoms with E-state index in [1.165, 1.54) is 32.8 Å². The maximum absolute atomic E-state index is 2.33. The smallest absolute Gasteiger partial charge is 0.0328 e. The Morgan fingerprint density at radius 1 is 1.00 bits per heavy atom. The minimum absolute atomic E-state index is 0.224. The predicted molar refractivity (Wildman–Crippen MR) is 91.0 cm³/mol. The molecule has 0 nitrogen and oxygen atoms in total. The highest BCUT2D eigenvalue weighted by Crippen LogP contribution is 2.50. The van der Waals surface area contributed by atoms with Gasteiger partial charge in [0, 0.05) is 10.2 Å². The monoisotopic (exact) mass is 282 g/mol. The number of thioether (sulfide) groups is 1. The molecule has 0 aromatic heterocycles. The van der Waals surface area contributed by atoms with Gasteiger partial charge in [-0.1, -0.05) is 51.1 Å². The van der Waals surface area contributed by atoms with Crippen LogP contribution in [0.3, 0.4) is 0 Å². The van der Waals surface area contributed by atoms with Gasteiger partial charge in [0.05, 0.1) is 0 Å². The van der Waals surface area contributed by atoms with Crippen LogP contribution in [0.25, 0.3) is 5.57 Å². The molecule has 1 atom stereocenters. The predicted octanol–water partition coefficient (Wildman–Crippen LogP) is 5.72. The van der Waals surface area contributed by atoms with Crippen molar-refractivity contribution in [2.75, 3.05) is 0 Å². The summed E-state index contributed by atoms with van der Waals surface area (Å²) in [6.45, 7) is 11.3. The minimum atomic E-state index is 0.224. The van der Waals surface area contributed by atoms with Gasteiger partial charge in [-0.2, -0.15) is 0 Å². The number of rotatable bonds is 1. The lowest BCUT2D eigenvalue weighted by atomic mass is 9.85. The number of fused-ring (bicyclic) bond motifs is 1. The fourth-order valence-corrected chi connectivity index (χ4v) is 4.25. The molecule has 0 saturated heterocycles. The fourth-order valence-electron chi connectivity index (χ4n) is 2.94. The Balaban J connectivity index is 2.03. The second-order valence-corrected chi connectivity index (χ2v) is 8.19. The van der Waals surface area contributed by atoms with Crippen LogP contribution in [0.15, 0.2) is 52.5 Å². The van der Waals surface area contributed by atoms with Crippen LogP contribution in [-0.4, -0.2) is 5.25 Å². The quantitative estimate of drug-likeness (QED) is 0.635. The summed E-state index contributed by atoms with van der Waals surface area (Å²) < 4.78 is 0. The van der Waals surface area contributed by atoms with E-state index in [1.54, 1.807) is 0 Å². The molecular formula is C19H22S. The van der Waals surface area contributed by atoms with Crippen LogP contribution >= 0.6 is 11.8 Å². The lowest BCUT2D eigenvalue weighted by molar-refractivity contribution is 0.590. The zero-order valence-electron chi connectivity index (χ0n) is 12.9. The van der Waals surface area contributed by atoms with E-state index in [9.17, 15) is 0 Å². The number of benzene rings is 1. The highest BCUT2D eigenvalue weighted by Gasteiger charge is 2.29. The lowest BCUT2D eigenvalue weighted by Crippen LogP contribution is -2.10. The third-order valence-electron chi connectivity index (χ3n) is 4.06. The van der Waals surface area contributed by atoms with E-state index in [0.717, 1.165) is 0 Å². The number of allylic oxidation sites excluding steroid dienone is 4. The first-order chi connectivity index (χ1) is 9.36. The van der Waals surface area contributed by atoms with E-state index in [-0.39, 0.29) is 5.41 Å². The highest BCUT2D eigenvalue weighted by atomic mass is 32.2. The van der Waals surface area contributed by atoms with E-state index < -0.39 is 0 Å². The molecule has 2 aliphatic rings.